The van der Waals surface area contributed by atoms with Crippen molar-refractivity contribution in [3.63, 3.8) is 0 Å². The number of allylic oxidation sites excluding steroid dienone is 3. The topological polar surface area (TPSA) is 72.8 Å². The Balaban J connectivity index is 1.75. The van der Waals surface area contributed by atoms with Crippen molar-refractivity contribution in [2.75, 3.05) is 10.2 Å². The second-order valence-electron chi connectivity index (χ2n) is 9.17. The third-order valence-corrected chi connectivity index (χ3v) is 6.59. The Morgan fingerprint density at radius 3 is 2.19 bits per heavy atom. The van der Waals surface area contributed by atoms with E-state index in [-0.39, 0.29) is 28.8 Å². The van der Waals surface area contributed by atoms with Crippen LogP contribution in [0.3, 0.4) is 0 Å². The highest BCUT2D eigenvalue weighted by Crippen LogP contribution is 2.40. The van der Waals surface area contributed by atoms with Crippen LogP contribution in [-0.2, 0) is 6.42 Å². The van der Waals surface area contributed by atoms with Gasteiger partial charge in [-0.05, 0) is 80.5 Å². The van der Waals surface area contributed by atoms with Gasteiger partial charge in [0.25, 0.3) is 5.91 Å². The molecule has 0 saturated heterocycles. The van der Waals surface area contributed by atoms with E-state index in [1.165, 1.54) is 51.1 Å². The molecule has 192 valence electrons. The zero-order valence-electron chi connectivity index (χ0n) is 22.3. The van der Waals surface area contributed by atoms with Crippen LogP contribution in [0.2, 0.25) is 0 Å². The molecule has 5 heteroatoms. The van der Waals surface area contributed by atoms with E-state index in [4.69, 9.17) is 0 Å². The summed E-state index contributed by atoms with van der Waals surface area (Å²) in [5.74, 6) is -0.693. The Morgan fingerprint density at radius 2 is 1.62 bits per heavy atom. The summed E-state index contributed by atoms with van der Waals surface area (Å²) in [5, 5.41) is 23.6. The van der Waals surface area contributed by atoms with E-state index >= 15 is 0 Å². The van der Waals surface area contributed by atoms with E-state index < -0.39 is 0 Å². The van der Waals surface area contributed by atoms with E-state index in [1.807, 2.05) is 19.1 Å². The largest absolute Gasteiger partial charge is 0.506 e. The molecule has 0 aliphatic heterocycles. The lowest BCUT2D eigenvalue weighted by Gasteiger charge is -2.19. The summed E-state index contributed by atoms with van der Waals surface area (Å²) in [7, 11) is 0. The van der Waals surface area contributed by atoms with Crippen LogP contribution in [0, 0.1) is 6.92 Å². The van der Waals surface area contributed by atoms with Gasteiger partial charge in [0.15, 0.2) is 0 Å². The number of rotatable bonds is 9. The number of aryl methyl sites for hydroxylation is 1. The Morgan fingerprint density at radius 1 is 1.00 bits per heavy atom. The van der Waals surface area contributed by atoms with Gasteiger partial charge >= 0.3 is 0 Å². The minimum absolute atomic E-state index is 0.180. The molecule has 1 amide bonds. The van der Waals surface area contributed by atoms with Crippen LogP contribution in [0.15, 0.2) is 85.2 Å². The number of nitrogens with one attached hydrogen (secondary N) is 1. The van der Waals surface area contributed by atoms with Crippen molar-refractivity contribution in [1.82, 2.24) is 0 Å². The molecule has 0 radical (unpaired) electrons. The summed E-state index contributed by atoms with van der Waals surface area (Å²) < 4.78 is 0. The van der Waals surface area contributed by atoms with Gasteiger partial charge in [-0.15, -0.1) is 0 Å². The van der Waals surface area contributed by atoms with Crippen molar-refractivity contribution in [3.05, 3.63) is 113 Å². The maximum atomic E-state index is 12.8. The highest BCUT2D eigenvalue weighted by atomic mass is 16.3. The normalized spacial score (nSPS) is 11.8. The minimum Gasteiger partial charge on any atom is -0.506 e. The Hall–Kier alpha value is -4.25. The number of aromatic hydroxyl groups is 2. The van der Waals surface area contributed by atoms with Crippen molar-refractivity contribution < 1.29 is 15.0 Å². The van der Waals surface area contributed by atoms with Gasteiger partial charge < -0.3 is 20.4 Å². The van der Waals surface area contributed by atoms with Gasteiger partial charge in [-0.25, -0.2) is 0 Å². The zero-order valence-corrected chi connectivity index (χ0v) is 22.3. The fourth-order valence-electron chi connectivity index (χ4n) is 4.22. The molecule has 0 aliphatic rings. The number of amides is 1. The molecule has 37 heavy (non-hydrogen) atoms. The lowest BCUT2D eigenvalue weighted by atomic mass is 9.93. The second-order valence-corrected chi connectivity index (χ2v) is 9.17. The monoisotopic (exact) mass is 496 g/mol. The Bertz CT molecular complexity index is 1330. The van der Waals surface area contributed by atoms with E-state index in [0.29, 0.717) is 5.56 Å². The van der Waals surface area contributed by atoms with Crippen molar-refractivity contribution in [1.29, 1.82) is 0 Å². The van der Waals surface area contributed by atoms with Crippen molar-refractivity contribution in [2.45, 2.75) is 47.5 Å². The standard InChI is InChI=1S/C32H36N2O3/c1-7-16-34(9-3)31-29(35)19-27(20-30(31)36)33-32(37)26-14-12-24(13-15-26)17-25-11-10-22(5)28(18-25)23(6)21(4)8-2/h7,9-16,18-20,35-36H,3,8,17H2,1-2,4-6H3,(H,33,37)/b16-7-,23-21-. The fraction of sp³-hybridized carbons (Fsp3) is 0.219. The maximum Gasteiger partial charge on any atom is 0.255 e. The van der Waals surface area contributed by atoms with Crippen LogP contribution in [0.4, 0.5) is 11.4 Å². The molecule has 0 saturated carbocycles. The van der Waals surface area contributed by atoms with E-state index in [0.717, 1.165) is 18.4 Å². The Kier molecular flexibility index (Phi) is 8.96. The quantitative estimate of drug-likeness (QED) is 0.281. The van der Waals surface area contributed by atoms with Crippen LogP contribution in [0.25, 0.3) is 5.57 Å². The average molecular weight is 497 g/mol. The minimum atomic E-state index is -0.333. The molecular weight excluding hydrogens is 460 g/mol. The average Bonchev–Trinajstić information content (AvgIpc) is 2.88. The third-order valence-electron chi connectivity index (χ3n) is 6.59. The molecule has 0 bridgehead atoms. The summed E-state index contributed by atoms with van der Waals surface area (Å²) in [5.41, 5.74) is 8.56. The zero-order chi connectivity index (χ0) is 27.1. The van der Waals surface area contributed by atoms with Crippen LogP contribution < -0.4 is 10.2 Å². The van der Waals surface area contributed by atoms with Gasteiger partial charge in [0, 0.05) is 35.8 Å². The molecule has 0 aliphatic carbocycles. The first kappa shape index (κ1) is 27.3. The SMILES string of the molecule is C=CN(/C=C\C)c1c(O)cc(NC(=O)c2ccc(Cc3ccc(C)c(/C(C)=C(/C)CC)c3)cc2)cc1O. The van der Waals surface area contributed by atoms with Crippen molar-refractivity contribution in [2.24, 2.45) is 0 Å². The number of hydrogen-bond donors (Lipinski definition) is 3. The van der Waals surface area contributed by atoms with E-state index in [9.17, 15) is 15.0 Å². The van der Waals surface area contributed by atoms with Gasteiger partial charge in [-0.2, -0.15) is 0 Å². The second kappa shape index (κ2) is 12.1. The van der Waals surface area contributed by atoms with Crippen molar-refractivity contribution >= 4 is 22.9 Å². The molecule has 3 aromatic rings. The summed E-state index contributed by atoms with van der Waals surface area (Å²) in [6.45, 7) is 14.2. The molecule has 3 rings (SSSR count). The smallest absolute Gasteiger partial charge is 0.255 e. The number of hydrogen-bond acceptors (Lipinski definition) is 4. The number of phenolic OH excluding ortho intramolecular Hbond substituents is 2. The molecule has 0 spiro atoms. The molecule has 0 aromatic heterocycles. The summed E-state index contributed by atoms with van der Waals surface area (Å²) in [4.78, 5) is 14.3. The first-order chi connectivity index (χ1) is 17.7. The number of nitrogens with zero attached hydrogens (tertiary/aromatic N) is 1. The van der Waals surface area contributed by atoms with Gasteiger partial charge in [0.1, 0.15) is 17.2 Å². The number of carbonyl (C=O) groups is 1. The molecular formula is C32H36N2O3. The first-order valence-corrected chi connectivity index (χ1v) is 12.4. The number of benzene rings is 3. The molecule has 3 aromatic carbocycles. The predicted octanol–water partition coefficient (Wildman–Crippen LogP) is 7.94. The highest BCUT2D eigenvalue weighted by molar-refractivity contribution is 6.04. The fourth-order valence-corrected chi connectivity index (χ4v) is 4.22. The molecule has 0 unspecified atom stereocenters. The number of phenols is 2. The van der Waals surface area contributed by atoms with Crippen LogP contribution in [0.1, 0.15) is 66.7 Å². The van der Waals surface area contributed by atoms with Gasteiger partial charge in [-0.1, -0.05) is 55.5 Å². The number of anilines is 2. The molecule has 0 atom stereocenters. The van der Waals surface area contributed by atoms with E-state index in [2.05, 4.69) is 57.8 Å². The molecule has 0 heterocycles. The van der Waals surface area contributed by atoms with E-state index in [1.54, 1.807) is 24.4 Å². The summed E-state index contributed by atoms with van der Waals surface area (Å²) >= 11 is 0. The van der Waals surface area contributed by atoms with Gasteiger partial charge in [0.2, 0.25) is 0 Å². The van der Waals surface area contributed by atoms with Crippen molar-refractivity contribution in [3.8, 4) is 11.5 Å². The van der Waals surface area contributed by atoms with Gasteiger partial charge in [-0.3, -0.25) is 4.79 Å². The summed E-state index contributed by atoms with van der Waals surface area (Å²) in [6.07, 6.45) is 6.68. The summed E-state index contributed by atoms with van der Waals surface area (Å²) in [6, 6.07) is 16.8. The Labute approximate surface area is 220 Å². The molecule has 5 nitrogen and oxygen atoms in total. The third kappa shape index (κ3) is 6.50. The number of carbonyl (C=O) groups excluding carboxylic acids is 1. The first-order valence-electron chi connectivity index (χ1n) is 12.4. The van der Waals surface area contributed by atoms with Crippen LogP contribution in [-0.4, -0.2) is 16.1 Å². The highest BCUT2D eigenvalue weighted by Gasteiger charge is 2.16. The van der Waals surface area contributed by atoms with Crippen LogP contribution >= 0.6 is 0 Å². The predicted molar refractivity (Wildman–Crippen MR) is 154 cm³/mol. The molecule has 0 fully saturated rings. The maximum absolute atomic E-state index is 12.8. The lowest BCUT2D eigenvalue weighted by molar-refractivity contribution is 0.102. The lowest BCUT2D eigenvalue weighted by Crippen LogP contribution is -2.12. The molecule has 3 N–H and O–H groups in total. The van der Waals surface area contributed by atoms with Gasteiger partial charge in [0.05, 0.1) is 0 Å². The van der Waals surface area contributed by atoms with Crippen LogP contribution in [0.5, 0.6) is 11.5 Å².